The van der Waals surface area contributed by atoms with Crippen LogP contribution in [0.5, 0.6) is 0 Å². The number of aromatic nitrogens is 3. The second kappa shape index (κ2) is 11.3. The molecular weight excluding hydrogens is 480 g/mol. The van der Waals surface area contributed by atoms with Crippen molar-refractivity contribution in [2.45, 2.75) is 50.4 Å². The van der Waals surface area contributed by atoms with Crippen molar-refractivity contribution < 1.29 is 9.59 Å². The molecule has 1 atom stereocenters. The Labute approximate surface area is 212 Å². The van der Waals surface area contributed by atoms with Crippen LogP contribution in [0, 0.1) is 11.3 Å². The highest BCUT2D eigenvalue weighted by atomic mass is 32.2. The number of thioether (sulfide) groups is 1. The summed E-state index contributed by atoms with van der Waals surface area (Å²) in [5.74, 6) is 0.291. The summed E-state index contributed by atoms with van der Waals surface area (Å²) in [5.41, 5.74) is 2.25. The van der Waals surface area contributed by atoms with E-state index < -0.39 is 6.04 Å². The van der Waals surface area contributed by atoms with E-state index >= 15 is 0 Å². The summed E-state index contributed by atoms with van der Waals surface area (Å²) in [6.45, 7) is 6.09. The van der Waals surface area contributed by atoms with Crippen LogP contribution < -0.4 is 10.6 Å². The number of nitriles is 1. The molecule has 4 rings (SSSR count). The van der Waals surface area contributed by atoms with Crippen molar-refractivity contribution in [3.05, 3.63) is 70.4 Å². The number of hydrogen-bond acceptors (Lipinski definition) is 7. The molecule has 1 aromatic carbocycles. The van der Waals surface area contributed by atoms with Crippen molar-refractivity contribution in [1.29, 1.82) is 5.26 Å². The van der Waals surface area contributed by atoms with Gasteiger partial charge in [0.05, 0.1) is 17.4 Å². The fourth-order valence-electron chi connectivity index (χ4n) is 4.03. The van der Waals surface area contributed by atoms with Gasteiger partial charge in [-0.15, -0.1) is 28.1 Å². The van der Waals surface area contributed by atoms with Gasteiger partial charge in [0.15, 0.2) is 11.0 Å². The number of fused-ring (bicyclic) bond motifs is 1. The molecule has 3 aromatic rings. The molecule has 1 aliphatic rings. The van der Waals surface area contributed by atoms with E-state index in [9.17, 15) is 14.9 Å². The minimum Gasteiger partial charge on any atom is -0.342 e. The third-order valence-electron chi connectivity index (χ3n) is 5.70. The molecule has 8 nitrogen and oxygen atoms in total. The molecular formula is C25H26N6O2S2. The molecule has 0 saturated carbocycles. The Morgan fingerprint density at radius 2 is 2.06 bits per heavy atom. The fourth-order valence-corrected chi connectivity index (χ4v) is 6.04. The van der Waals surface area contributed by atoms with Gasteiger partial charge in [-0.05, 0) is 50.3 Å². The average molecular weight is 507 g/mol. The molecule has 2 N–H and O–H groups in total. The van der Waals surface area contributed by atoms with E-state index in [-0.39, 0.29) is 17.6 Å². The Morgan fingerprint density at radius 1 is 1.29 bits per heavy atom. The van der Waals surface area contributed by atoms with Crippen molar-refractivity contribution >= 4 is 39.9 Å². The zero-order chi connectivity index (χ0) is 24.8. The Morgan fingerprint density at radius 3 is 2.80 bits per heavy atom. The molecule has 0 saturated heterocycles. The maximum absolute atomic E-state index is 12.7. The van der Waals surface area contributed by atoms with Crippen LogP contribution >= 0.6 is 23.1 Å². The number of benzene rings is 1. The second-order valence-electron chi connectivity index (χ2n) is 8.16. The smallest absolute Gasteiger partial charge is 0.251 e. The summed E-state index contributed by atoms with van der Waals surface area (Å²) in [6.07, 6.45) is 5.77. The number of nitrogens with zero attached hydrogens (tertiary/aromatic N) is 4. The quantitative estimate of drug-likeness (QED) is 0.326. The first-order valence-corrected chi connectivity index (χ1v) is 13.2. The lowest BCUT2D eigenvalue weighted by Crippen LogP contribution is -2.28. The maximum Gasteiger partial charge on any atom is 0.251 e. The van der Waals surface area contributed by atoms with E-state index in [1.807, 2.05) is 29.7 Å². The molecule has 0 bridgehead atoms. The van der Waals surface area contributed by atoms with Gasteiger partial charge in [0, 0.05) is 17.0 Å². The van der Waals surface area contributed by atoms with Gasteiger partial charge in [0.2, 0.25) is 5.91 Å². The Balaban J connectivity index is 1.42. The number of aryl methyl sites for hydroxylation is 1. The largest absolute Gasteiger partial charge is 0.342 e. The number of carbonyl (C=O) groups excluding carboxylic acids is 2. The van der Waals surface area contributed by atoms with E-state index in [0.29, 0.717) is 33.7 Å². The van der Waals surface area contributed by atoms with Crippen LogP contribution in [0.2, 0.25) is 0 Å². The lowest BCUT2D eigenvalue weighted by Gasteiger charge is -2.15. The van der Waals surface area contributed by atoms with E-state index in [1.54, 1.807) is 18.2 Å². The maximum atomic E-state index is 12.7. The summed E-state index contributed by atoms with van der Waals surface area (Å²) >= 11 is 2.76. The molecule has 35 heavy (non-hydrogen) atoms. The summed E-state index contributed by atoms with van der Waals surface area (Å²) in [7, 11) is 0. The van der Waals surface area contributed by atoms with E-state index in [2.05, 4.69) is 33.5 Å². The van der Waals surface area contributed by atoms with E-state index in [1.165, 1.54) is 28.0 Å². The van der Waals surface area contributed by atoms with Crippen LogP contribution in [0.3, 0.4) is 0 Å². The minimum atomic E-state index is -0.394. The molecule has 2 amide bonds. The zero-order valence-electron chi connectivity index (χ0n) is 19.4. The van der Waals surface area contributed by atoms with Gasteiger partial charge < -0.3 is 15.2 Å². The highest BCUT2D eigenvalue weighted by Gasteiger charge is 2.23. The van der Waals surface area contributed by atoms with Crippen LogP contribution in [-0.4, -0.2) is 32.3 Å². The minimum absolute atomic E-state index is 0.119. The normalized spacial score (nSPS) is 13.4. The van der Waals surface area contributed by atoms with Gasteiger partial charge in [-0.25, -0.2) is 0 Å². The molecule has 0 aliphatic heterocycles. The van der Waals surface area contributed by atoms with Crippen LogP contribution in [-0.2, 0) is 24.2 Å². The van der Waals surface area contributed by atoms with Crippen molar-refractivity contribution in [2.24, 2.45) is 0 Å². The number of nitrogens with one attached hydrogen (secondary N) is 2. The standard InChI is InChI=1S/C25H26N6O2S2/c1-3-13-31-22(16(2)27-23(33)17-9-5-4-6-10-17)29-30-25(31)34-15-21(32)28-24-19(14-26)18-11-7-8-12-20(18)35-24/h3-6,9-10,16H,1,7-8,11-13,15H2,2H3,(H,27,33)(H,28,32)/t16-/m1/s1. The first kappa shape index (κ1) is 24.7. The topological polar surface area (TPSA) is 113 Å². The number of hydrogen-bond donors (Lipinski definition) is 2. The molecule has 1 aliphatic carbocycles. The number of anilines is 1. The van der Waals surface area contributed by atoms with Crippen molar-refractivity contribution in [3.8, 4) is 6.07 Å². The number of thiophene rings is 1. The van der Waals surface area contributed by atoms with E-state index in [0.717, 1.165) is 31.2 Å². The summed E-state index contributed by atoms with van der Waals surface area (Å²) in [6, 6.07) is 10.8. The van der Waals surface area contributed by atoms with Crippen molar-refractivity contribution in [1.82, 2.24) is 20.1 Å². The fraction of sp³-hybridized carbons (Fsp3) is 0.320. The molecule has 0 radical (unpaired) electrons. The Kier molecular flexibility index (Phi) is 8.00. The molecule has 2 heterocycles. The Bertz CT molecular complexity index is 1280. The molecule has 0 unspecified atom stereocenters. The summed E-state index contributed by atoms with van der Waals surface area (Å²) in [4.78, 5) is 26.5. The molecule has 2 aromatic heterocycles. The lowest BCUT2D eigenvalue weighted by molar-refractivity contribution is -0.113. The number of amides is 2. The van der Waals surface area contributed by atoms with E-state index in [4.69, 9.17) is 0 Å². The predicted octanol–water partition coefficient (Wildman–Crippen LogP) is 4.50. The first-order valence-electron chi connectivity index (χ1n) is 11.4. The predicted molar refractivity (Wildman–Crippen MR) is 138 cm³/mol. The van der Waals surface area contributed by atoms with Gasteiger partial charge in [0.1, 0.15) is 11.1 Å². The molecule has 180 valence electrons. The van der Waals surface area contributed by atoms with Gasteiger partial charge in [-0.1, -0.05) is 36.0 Å². The van der Waals surface area contributed by atoms with Gasteiger partial charge >= 0.3 is 0 Å². The average Bonchev–Trinajstić information content (AvgIpc) is 3.43. The lowest BCUT2D eigenvalue weighted by atomic mass is 9.96. The third-order valence-corrected chi connectivity index (χ3v) is 7.87. The Hall–Kier alpha value is -3.42. The van der Waals surface area contributed by atoms with Crippen LogP contribution in [0.15, 0.2) is 48.1 Å². The van der Waals surface area contributed by atoms with Crippen molar-refractivity contribution in [2.75, 3.05) is 11.1 Å². The van der Waals surface area contributed by atoms with Crippen molar-refractivity contribution in [3.63, 3.8) is 0 Å². The third kappa shape index (κ3) is 5.63. The first-order chi connectivity index (χ1) is 17.0. The molecule has 0 fully saturated rings. The zero-order valence-corrected chi connectivity index (χ0v) is 21.0. The highest BCUT2D eigenvalue weighted by molar-refractivity contribution is 7.99. The number of carbonyl (C=O) groups is 2. The summed E-state index contributed by atoms with van der Waals surface area (Å²) < 4.78 is 1.84. The SMILES string of the molecule is C=CCn1c(SCC(=O)Nc2sc3c(c2C#N)CCCC3)nnc1[C@@H](C)NC(=O)c1ccccc1. The van der Waals surface area contributed by atoms with Gasteiger partial charge in [-0.2, -0.15) is 5.26 Å². The second-order valence-corrected chi connectivity index (χ2v) is 10.2. The highest BCUT2D eigenvalue weighted by Crippen LogP contribution is 2.37. The summed E-state index contributed by atoms with van der Waals surface area (Å²) in [5, 5.41) is 25.2. The number of allylic oxidation sites excluding steroid dienone is 1. The van der Waals surface area contributed by atoms with Crippen LogP contribution in [0.1, 0.15) is 58.0 Å². The monoisotopic (exact) mass is 506 g/mol. The van der Waals surface area contributed by atoms with Crippen LogP contribution in [0.25, 0.3) is 0 Å². The number of rotatable bonds is 9. The van der Waals surface area contributed by atoms with Crippen LogP contribution in [0.4, 0.5) is 5.00 Å². The molecule has 10 heteroatoms. The van der Waals surface area contributed by atoms with Gasteiger partial charge in [-0.3, -0.25) is 9.59 Å². The molecule has 0 spiro atoms. The van der Waals surface area contributed by atoms with Gasteiger partial charge in [0.25, 0.3) is 5.91 Å².